The maximum atomic E-state index is 14.6. The average Bonchev–Trinajstić information content (AvgIpc) is 3.81. The summed E-state index contributed by atoms with van der Waals surface area (Å²) in [6, 6.07) is 23.9. The lowest BCUT2D eigenvalue weighted by Gasteiger charge is -2.31. The third-order valence-electron chi connectivity index (χ3n) is 8.22. The summed E-state index contributed by atoms with van der Waals surface area (Å²) in [5, 5.41) is 14.0. The summed E-state index contributed by atoms with van der Waals surface area (Å²) in [6.07, 6.45) is 0. The van der Waals surface area contributed by atoms with Crippen molar-refractivity contribution in [3.05, 3.63) is 101 Å². The zero-order chi connectivity index (χ0) is 35.9. The first-order chi connectivity index (χ1) is 24.8. The molecule has 0 saturated heterocycles. The number of carbonyl (C=O) groups is 2. The van der Waals surface area contributed by atoms with Crippen molar-refractivity contribution in [1.82, 2.24) is 24.9 Å². The Bertz CT molecular complexity index is 2150. The number of hydrogen-bond donors (Lipinski definition) is 1. The Hall–Kier alpha value is -6.15. The first-order valence-corrected chi connectivity index (χ1v) is 16.6. The zero-order valence-electron chi connectivity index (χ0n) is 28.7. The van der Waals surface area contributed by atoms with Gasteiger partial charge in [-0.05, 0) is 66.2 Å². The monoisotopic (exact) mass is 708 g/mol. The molecule has 6 aromatic rings. The number of hydrogen-bond acceptors (Lipinski definition) is 11. The summed E-state index contributed by atoms with van der Waals surface area (Å²) in [5.41, 5.74) is 3.79. The van der Waals surface area contributed by atoms with Gasteiger partial charge in [-0.1, -0.05) is 23.4 Å². The van der Waals surface area contributed by atoms with Crippen molar-refractivity contribution in [2.75, 3.05) is 40.9 Å². The number of ether oxygens (including phenoxy) is 5. The first-order valence-electron chi connectivity index (χ1n) is 15.8. The van der Waals surface area contributed by atoms with Crippen LogP contribution in [0.2, 0.25) is 0 Å². The third kappa shape index (κ3) is 7.55. The molecule has 0 bridgehead atoms. The standard InChI is InChI=1S/C37H36N6O7S/c1-46-25-13-10-23(11-14-25)29-22-51-34(38-29)20-42(35(44)21-43-30-9-7-6-8-27(30)40-41-43)36(24-12-17-31(48-3)33(18-24)50-5)37(45)39-28-16-15-26(47-2)19-32(28)49-4/h6-19,22,36H,20-21H2,1-5H3,(H,39,45). The van der Waals surface area contributed by atoms with Crippen molar-refractivity contribution in [1.29, 1.82) is 0 Å². The van der Waals surface area contributed by atoms with Gasteiger partial charge in [0.2, 0.25) is 5.91 Å². The maximum absolute atomic E-state index is 14.6. The molecule has 51 heavy (non-hydrogen) atoms. The summed E-state index contributed by atoms with van der Waals surface area (Å²) in [4.78, 5) is 35.5. The number of amides is 2. The van der Waals surface area contributed by atoms with Crippen molar-refractivity contribution < 1.29 is 33.3 Å². The van der Waals surface area contributed by atoms with Gasteiger partial charge >= 0.3 is 0 Å². The van der Waals surface area contributed by atoms with Crippen LogP contribution in [0.25, 0.3) is 22.3 Å². The molecule has 0 saturated carbocycles. The second-order valence-electron chi connectivity index (χ2n) is 11.2. The number of aromatic nitrogens is 4. The molecule has 0 aliphatic carbocycles. The molecule has 2 amide bonds. The number of thiazole rings is 1. The summed E-state index contributed by atoms with van der Waals surface area (Å²) in [6.45, 7) is -0.196. The summed E-state index contributed by atoms with van der Waals surface area (Å²) in [7, 11) is 7.68. The van der Waals surface area contributed by atoms with Crippen LogP contribution < -0.4 is 29.0 Å². The van der Waals surface area contributed by atoms with Gasteiger partial charge in [-0.2, -0.15) is 0 Å². The molecule has 0 aliphatic heterocycles. The number of benzene rings is 4. The highest BCUT2D eigenvalue weighted by atomic mass is 32.1. The van der Waals surface area contributed by atoms with Gasteiger partial charge in [-0.15, -0.1) is 16.4 Å². The molecule has 262 valence electrons. The van der Waals surface area contributed by atoms with Crippen LogP contribution >= 0.6 is 11.3 Å². The Labute approximate surface area is 298 Å². The lowest BCUT2D eigenvalue weighted by Crippen LogP contribution is -2.42. The molecule has 1 N–H and O–H groups in total. The van der Waals surface area contributed by atoms with E-state index in [1.165, 1.54) is 42.2 Å². The van der Waals surface area contributed by atoms with E-state index >= 15 is 0 Å². The molecule has 13 nitrogen and oxygen atoms in total. The summed E-state index contributed by atoms with van der Waals surface area (Å²) in [5.74, 6) is 1.61. The van der Waals surface area contributed by atoms with Crippen LogP contribution in [-0.2, 0) is 22.7 Å². The van der Waals surface area contributed by atoms with Gasteiger partial charge in [0.1, 0.15) is 40.4 Å². The minimum Gasteiger partial charge on any atom is -0.497 e. The highest BCUT2D eigenvalue weighted by Crippen LogP contribution is 2.36. The molecule has 14 heteroatoms. The zero-order valence-corrected chi connectivity index (χ0v) is 29.5. The van der Waals surface area contributed by atoms with Crippen LogP contribution in [0, 0.1) is 0 Å². The summed E-state index contributed by atoms with van der Waals surface area (Å²) >= 11 is 1.38. The normalized spacial score (nSPS) is 11.5. The number of rotatable bonds is 14. The Morgan fingerprint density at radius 1 is 0.804 bits per heavy atom. The van der Waals surface area contributed by atoms with E-state index in [2.05, 4.69) is 15.6 Å². The van der Waals surface area contributed by atoms with Crippen LogP contribution in [0.5, 0.6) is 28.7 Å². The smallest absolute Gasteiger partial charge is 0.251 e. The van der Waals surface area contributed by atoms with Crippen molar-refractivity contribution in [2.24, 2.45) is 0 Å². The molecular formula is C37H36N6O7S. The number of nitrogens with zero attached hydrogens (tertiary/aromatic N) is 5. The van der Waals surface area contributed by atoms with Crippen molar-refractivity contribution in [3.8, 4) is 40.0 Å². The van der Waals surface area contributed by atoms with E-state index in [0.717, 1.165) is 17.0 Å². The minimum atomic E-state index is -1.17. The Morgan fingerprint density at radius 2 is 1.53 bits per heavy atom. The van der Waals surface area contributed by atoms with Crippen molar-refractivity contribution >= 4 is 39.9 Å². The molecule has 4 aromatic carbocycles. The Kier molecular flexibility index (Phi) is 10.6. The van der Waals surface area contributed by atoms with Crippen LogP contribution in [-0.4, -0.2) is 72.2 Å². The molecule has 0 fully saturated rings. The van der Waals surface area contributed by atoms with E-state index < -0.39 is 17.9 Å². The van der Waals surface area contributed by atoms with Gasteiger partial charge in [0.15, 0.2) is 11.5 Å². The van der Waals surface area contributed by atoms with Crippen LogP contribution in [0.1, 0.15) is 16.6 Å². The molecule has 0 spiro atoms. The second kappa shape index (κ2) is 15.6. The SMILES string of the molecule is COc1ccc(-c2csc(CN(C(=O)Cn3nnc4ccccc43)C(C(=O)Nc3ccc(OC)cc3OC)c3ccc(OC)c(OC)c3)n2)cc1. The molecule has 2 aromatic heterocycles. The van der Waals surface area contributed by atoms with Gasteiger partial charge in [-0.25, -0.2) is 9.67 Å². The predicted molar refractivity (Wildman–Crippen MR) is 193 cm³/mol. The number of fused-ring (bicyclic) bond motifs is 1. The number of methoxy groups -OCH3 is 5. The fourth-order valence-electron chi connectivity index (χ4n) is 5.60. The van der Waals surface area contributed by atoms with Gasteiger partial charge < -0.3 is 33.9 Å². The highest BCUT2D eigenvalue weighted by molar-refractivity contribution is 7.09. The summed E-state index contributed by atoms with van der Waals surface area (Å²) < 4.78 is 28.8. The number of carbonyl (C=O) groups excluding carboxylic acids is 2. The van der Waals surface area contributed by atoms with E-state index in [1.807, 2.05) is 53.9 Å². The minimum absolute atomic E-state index is 0.00152. The predicted octanol–water partition coefficient (Wildman–Crippen LogP) is 6.01. The van der Waals surface area contributed by atoms with Crippen molar-refractivity contribution in [2.45, 2.75) is 19.1 Å². The van der Waals surface area contributed by atoms with Gasteiger partial charge in [0, 0.05) is 17.0 Å². The van der Waals surface area contributed by atoms with Crippen LogP contribution in [0.3, 0.4) is 0 Å². The van der Waals surface area contributed by atoms with E-state index in [1.54, 1.807) is 50.6 Å². The Balaban J connectivity index is 1.44. The lowest BCUT2D eigenvalue weighted by molar-refractivity contribution is -0.140. The lowest BCUT2D eigenvalue weighted by atomic mass is 10.0. The molecule has 6 rings (SSSR count). The molecule has 0 aliphatic rings. The number of nitrogens with one attached hydrogen (secondary N) is 1. The number of para-hydroxylation sites is 1. The molecule has 1 unspecified atom stereocenters. The van der Waals surface area contributed by atoms with Crippen molar-refractivity contribution in [3.63, 3.8) is 0 Å². The van der Waals surface area contributed by atoms with Gasteiger partial charge in [0.05, 0.1) is 59.0 Å². The molecule has 0 radical (unpaired) electrons. The van der Waals surface area contributed by atoms with E-state index in [-0.39, 0.29) is 13.1 Å². The molecular weight excluding hydrogens is 673 g/mol. The molecule has 2 heterocycles. The maximum Gasteiger partial charge on any atom is 0.251 e. The van der Waals surface area contributed by atoms with Crippen LogP contribution in [0.15, 0.2) is 90.3 Å². The fraction of sp³-hybridized carbons (Fsp3) is 0.216. The number of anilines is 1. The second-order valence-corrected chi connectivity index (χ2v) is 12.1. The molecule has 1 atom stereocenters. The fourth-order valence-corrected chi connectivity index (χ4v) is 6.40. The van der Waals surface area contributed by atoms with Gasteiger partial charge in [0.25, 0.3) is 5.91 Å². The van der Waals surface area contributed by atoms with Crippen LogP contribution in [0.4, 0.5) is 5.69 Å². The third-order valence-corrected chi connectivity index (χ3v) is 9.05. The quantitative estimate of drug-likeness (QED) is 0.143. The topological polar surface area (TPSA) is 139 Å². The first kappa shape index (κ1) is 34.7. The van der Waals surface area contributed by atoms with E-state index in [4.69, 9.17) is 28.7 Å². The largest absolute Gasteiger partial charge is 0.497 e. The van der Waals surface area contributed by atoms with E-state index in [9.17, 15) is 9.59 Å². The van der Waals surface area contributed by atoms with Gasteiger partial charge in [-0.3, -0.25) is 9.59 Å². The van der Waals surface area contributed by atoms with E-state index in [0.29, 0.717) is 50.3 Å². The Morgan fingerprint density at radius 3 is 2.25 bits per heavy atom. The highest BCUT2D eigenvalue weighted by Gasteiger charge is 2.34. The average molecular weight is 709 g/mol.